The number of rotatable bonds is 34. The van der Waals surface area contributed by atoms with Crippen LogP contribution >= 0.6 is 0 Å². The molecule has 0 saturated heterocycles. The molecule has 2 saturated carbocycles. The summed E-state index contributed by atoms with van der Waals surface area (Å²) in [4.78, 5) is 53.0. The molecule has 0 bridgehead atoms. The molecule has 2 fully saturated rings. The molecule has 0 aromatic carbocycles. The first-order valence-electron chi connectivity index (χ1n) is 21.6. The first-order valence-corrected chi connectivity index (χ1v) is 21.6. The normalized spacial score (nSPS) is 20.8. The first-order chi connectivity index (χ1) is 25.5. The van der Waals surface area contributed by atoms with Crippen molar-refractivity contribution in [3.05, 3.63) is 0 Å². The summed E-state index contributed by atoms with van der Waals surface area (Å²) < 4.78 is 0. The fraction of sp³-hybridized carbons (Fsp3) is 0.909. The van der Waals surface area contributed by atoms with Crippen LogP contribution in [0, 0.1) is 35.5 Å². The second kappa shape index (κ2) is 41.8. The van der Waals surface area contributed by atoms with E-state index in [-0.39, 0.29) is 12.3 Å². The molecule has 0 spiro atoms. The maximum atomic E-state index is 10.3. The van der Waals surface area contributed by atoms with Gasteiger partial charge in [-0.3, -0.25) is 0 Å². The van der Waals surface area contributed by atoms with Crippen LogP contribution < -0.4 is 0 Å². The van der Waals surface area contributed by atoms with E-state index in [1.165, 1.54) is 154 Å². The zero-order chi connectivity index (χ0) is 38.9. The molecule has 8 nitrogen and oxygen atoms in total. The molecular formula is C44H80O8. The summed E-state index contributed by atoms with van der Waals surface area (Å²) in [6.45, 7) is 5.46. The van der Waals surface area contributed by atoms with Crippen LogP contribution in [0.4, 0.5) is 0 Å². The minimum absolute atomic E-state index is 0.250. The van der Waals surface area contributed by atoms with Gasteiger partial charge in [-0.25, -0.2) is 0 Å². The van der Waals surface area contributed by atoms with E-state index in [9.17, 15) is 9.59 Å². The number of aldehydes is 2. The topological polar surface area (TPSA) is 143 Å². The second-order valence-corrected chi connectivity index (χ2v) is 15.3. The van der Waals surface area contributed by atoms with Crippen molar-refractivity contribution in [1.82, 2.24) is 0 Å². The number of unbranched alkanes of at least 4 members (excludes halogenated alkanes) is 20. The van der Waals surface area contributed by atoms with Gasteiger partial charge in [0.1, 0.15) is 12.6 Å². The van der Waals surface area contributed by atoms with Gasteiger partial charge in [0.05, 0.1) is 0 Å². The maximum absolute atomic E-state index is 10.3. The predicted molar refractivity (Wildman–Crippen MR) is 207 cm³/mol. The van der Waals surface area contributed by atoms with E-state index in [2.05, 4.69) is 13.8 Å². The van der Waals surface area contributed by atoms with Gasteiger partial charge in [0.15, 0.2) is 0 Å². The number of aliphatic hydroxyl groups excluding tert-OH is 2. The largest absolute Gasteiger partial charge is 0.396 e. The zero-order valence-electron chi connectivity index (χ0n) is 33.6. The molecule has 4 unspecified atom stereocenters. The standard InChI is InChI=1S/C21H42O2.C21H38O2.2CO2/c2*1-2-19-20(15-11-7-3-5-9-13-17-22)21(19)16-12-8-4-6-10-14-18-23;2*2-1-3/h19-23H,2-18H2,1H3;17-21H,2-16H2,1H3;;. The van der Waals surface area contributed by atoms with Crippen LogP contribution in [0.5, 0.6) is 0 Å². The highest BCUT2D eigenvalue weighted by atomic mass is 16.3. The van der Waals surface area contributed by atoms with Crippen molar-refractivity contribution in [1.29, 1.82) is 0 Å². The Morgan fingerprint density at radius 3 is 0.788 bits per heavy atom. The molecule has 0 amide bonds. The molecule has 2 aliphatic carbocycles. The third kappa shape index (κ3) is 31.5. The van der Waals surface area contributed by atoms with Crippen molar-refractivity contribution in [3.8, 4) is 0 Å². The Kier molecular flexibility index (Phi) is 41.9. The van der Waals surface area contributed by atoms with Gasteiger partial charge in [0, 0.05) is 26.1 Å². The highest BCUT2D eigenvalue weighted by Gasteiger charge is 2.47. The zero-order valence-corrected chi connectivity index (χ0v) is 33.6. The molecule has 4 atom stereocenters. The van der Waals surface area contributed by atoms with Crippen LogP contribution in [-0.2, 0) is 28.8 Å². The number of carbonyl (C=O) groups excluding carboxylic acids is 6. The smallest absolute Gasteiger partial charge is 0.373 e. The van der Waals surface area contributed by atoms with Gasteiger partial charge in [0.2, 0.25) is 0 Å². The van der Waals surface area contributed by atoms with E-state index in [4.69, 9.17) is 29.4 Å². The summed E-state index contributed by atoms with van der Waals surface area (Å²) in [5.74, 6) is 6.19. The van der Waals surface area contributed by atoms with E-state index in [1.54, 1.807) is 0 Å². The fourth-order valence-corrected chi connectivity index (χ4v) is 8.65. The molecule has 304 valence electrons. The van der Waals surface area contributed by atoms with Crippen molar-refractivity contribution in [2.45, 2.75) is 206 Å². The lowest BCUT2D eigenvalue weighted by atomic mass is 10.0. The Hall–Kier alpha value is -1.98. The summed E-state index contributed by atoms with van der Waals surface area (Å²) in [5, 5.41) is 17.5. The van der Waals surface area contributed by atoms with Crippen LogP contribution in [-0.4, -0.2) is 48.3 Å². The van der Waals surface area contributed by atoms with Crippen molar-refractivity contribution < 1.29 is 39.0 Å². The number of carbonyl (C=O) groups is 2. The summed E-state index contributed by atoms with van der Waals surface area (Å²) in [7, 11) is 0. The molecule has 0 aromatic heterocycles. The van der Waals surface area contributed by atoms with Crippen molar-refractivity contribution in [2.24, 2.45) is 35.5 Å². The van der Waals surface area contributed by atoms with E-state index in [0.29, 0.717) is 13.2 Å². The van der Waals surface area contributed by atoms with Crippen LogP contribution in [0.25, 0.3) is 0 Å². The van der Waals surface area contributed by atoms with Crippen molar-refractivity contribution in [2.75, 3.05) is 13.2 Å². The average molecular weight is 737 g/mol. The van der Waals surface area contributed by atoms with Crippen LogP contribution in [0.1, 0.15) is 206 Å². The minimum atomic E-state index is 0.250. The molecular weight excluding hydrogens is 656 g/mol. The lowest BCUT2D eigenvalue weighted by molar-refractivity contribution is -0.193. The molecule has 2 N–H and O–H groups in total. The molecule has 0 radical (unpaired) electrons. The fourth-order valence-electron chi connectivity index (χ4n) is 8.65. The van der Waals surface area contributed by atoms with Crippen molar-refractivity contribution >= 4 is 24.9 Å². The van der Waals surface area contributed by atoms with E-state index in [1.807, 2.05) is 0 Å². The molecule has 52 heavy (non-hydrogen) atoms. The Morgan fingerprint density at radius 2 is 0.577 bits per heavy atom. The van der Waals surface area contributed by atoms with Gasteiger partial charge < -0.3 is 19.8 Å². The summed E-state index contributed by atoms with van der Waals surface area (Å²) >= 11 is 0. The molecule has 2 aliphatic rings. The van der Waals surface area contributed by atoms with Crippen LogP contribution in [0.15, 0.2) is 0 Å². The van der Waals surface area contributed by atoms with Gasteiger partial charge >= 0.3 is 12.3 Å². The first kappa shape index (κ1) is 52.1. The predicted octanol–water partition coefficient (Wildman–Crippen LogP) is 10.7. The lowest BCUT2D eigenvalue weighted by Gasteiger charge is -2.03. The van der Waals surface area contributed by atoms with Crippen LogP contribution in [0.3, 0.4) is 0 Å². The van der Waals surface area contributed by atoms with E-state index >= 15 is 0 Å². The van der Waals surface area contributed by atoms with Crippen molar-refractivity contribution in [3.63, 3.8) is 0 Å². The Balaban J connectivity index is 0. The van der Waals surface area contributed by atoms with Gasteiger partial charge in [-0.1, -0.05) is 142 Å². The van der Waals surface area contributed by atoms with Gasteiger partial charge in [-0.15, -0.1) is 0 Å². The molecule has 8 heteroatoms. The number of hydrogen-bond donors (Lipinski definition) is 2. The molecule has 0 heterocycles. The summed E-state index contributed by atoms with van der Waals surface area (Å²) in [6, 6.07) is 0. The SMILES string of the molecule is CCC1C(CCCCCCCC=O)C1CCCCCCCC=O.CCC1C(CCCCCCCCO)C1CCCCCCCCO.O=C=O.O=C=O. The minimum Gasteiger partial charge on any atom is -0.396 e. The highest BCUT2D eigenvalue weighted by Crippen LogP contribution is 2.55. The molecule has 0 aliphatic heterocycles. The number of hydrogen-bond acceptors (Lipinski definition) is 8. The van der Waals surface area contributed by atoms with Crippen LogP contribution in [0.2, 0.25) is 0 Å². The Morgan fingerprint density at radius 1 is 0.365 bits per heavy atom. The Labute approximate surface area is 318 Å². The quantitative estimate of drug-likeness (QED) is 0.0491. The number of aliphatic hydroxyl groups is 2. The monoisotopic (exact) mass is 737 g/mol. The van der Waals surface area contributed by atoms with Gasteiger partial charge in [-0.2, -0.15) is 19.2 Å². The second-order valence-electron chi connectivity index (χ2n) is 15.3. The third-order valence-corrected chi connectivity index (χ3v) is 11.6. The highest BCUT2D eigenvalue weighted by molar-refractivity contribution is 5.49. The third-order valence-electron chi connectivity index (χ3n) is 11.6. The van der Waals surface area contributed by atoms with Gasteiger partial charge in [-0.05, 0) is 86.9 Å². The summed E-state index contributed by atoms with van der Waals surface area (Å²) in [5.41, 5.74) is 0. The molecule has 2 rings (SSSR count). The van der Waals surface area contributed by atoms with Gasteiger partial charge in [0.25, 0.3) is 0 Å². The van der Waals surface area contributed by atoms with E-state index in [0.717, 1.165) is 86.6 Å². The average Bonchev–Trinajstić information content (AvgIpc) is 4.04. The molecule has 0 aromatic rings. The van der Waals surface area contributed by atoms with E-state index < -0.39 is 0 Å². The lowest BCUT2D eigenvalue weighted by Crippen LogP contribution is -1.88. The summed E-state index contributed by atoms with van der Waals surface area (Å²) in [6.07, 6.45) is 40.8. The Bertz CT molecular complexity index is 772. The maximum Gasteiger partial charge on any atom is 0.373 e.